The van der Waals surface area contributed by atoms with Gasteiger partial charge < -0.3 is 10.1 Å². The van der Waals surface area contributed by atoms with Crippen molar-refractivity contribution in [3.63, 3.8) is 0 Å². The molecule has 0 radical (unpaired) electrons. The highest BCUT2D eigenvalue weighted by Gasteiger charge is 2.37. The van der Waals surface area contributed by atoms with Crippen LogP contribution < -0.4 is 5.32 Å². The number of carbonyl (C=O) groups is 2. The van der Waals surface area contributed by atoms with E-state index in [1.165, 1.54) is 5.01 Å². The van der Waals surface area contributed by atoms with Crippen molar-refractivity contribution in [3.05, 3.63) is 0 Å². The van der Waals surface area contributed by atoms with E-state index in [0.717, 1.165) is 13.1 Å². The summed E-state index contributed by atoms with van der Waals surface area (Å²) >= 11 is 0. The lowest BCUT2D eigenvalue weighted by atomic mass is 10.0. The van der Waals surface area contributed by atoms with Crippen LogP contribution >= 0.6 is 0 Å². The van der Waals surface area contributed by atoms with E-state index in [4.69, 9.17) is 4.74 Å². The fourth-order valence-electron chi connectivity index (χ4n) is 3.67. The van der Waals surface area contributed by atoms with Crippen LogP contribution in [0.1, 0.15) is 33.1 Å². The average molecular weight is 401 g/mol. The number of morpholine rings is 1. The second-order valence-electron chi connectivity index (χ2n) is 7.94. The van der Waals surface area contributed by atoms with Crippen LogP contribution in [0.15, 0.2) is 5.10 Å². The lowest BCUT2D eigenvalue weighted by Crippen LogP contribution is -2.56. The summed E-state index contributed by atoms with van der Waals surface area (Å²) in [6.45, 7) is 7.61. The third kappa shape index (κ3) is 4.85. The molecule has 0 aliphatic carbocycles. The zero-order valence-electron chi connectivity index (χ0n) is 15.9. The van der Waals surface area contributed by atoms with Crippen molar-refractivity contribution in [2.45, 2.75) is 44.7 Å². The zero-order valence-corrected chi connectivity index (χ0v) is 16.8. The van der Waals surface area contributed by atoms with E-state index in [9.17, 15) is 18.0 Å². The summed E-state index contributed by atoms with van der Waals surface area (Å²) < 4.78 is 28.8. The van der Waals surface area contributed by atoms with Gasteiger partial charge in [-0.3, -0.25) is 14.5 Å². The Morgan fingerprint density at radius 1 is 1.30 bits per heavy atom. The maximum Gasteiger partial charge on any atom is 0.267 e. The predicted octanol–water partition coefficient (Wildman–Crippen LogP) is -0.621. The summed E-state index contributed by atoms with van der Waals surface area (Å²) in [5.41, 5.74) is 0.0700. The minimum absolute atomic E-state index is 0.0617. The van der Waals surface area contributed by atoms with E-state index in [1.807, 2.05) is 0 Å². The normalized spacial score (nSPS) is 26.7. The van der Waals surface area contributed by atoms with E-state index in [2.05, 4.69) is 29.2 Å². The van der Waals surface area contributed by atoms with Gasteiger partial charge in [0.25, 0.3) is 5.91 Å². The van der Waals surface area contributed by atoms with Crippen molar-refractivity contribution in [2.24, 2.45) is 5.10 Å². The second-order valence-corrected chi connectivity index (χ2v) is 10.2. The Morgan fingerprint density at radius 3 is 2.63 bits per heavy atom. The van der Waals surface area contributed by atoms with Gasteiger partial charge >= 0.3 is 0 Å². The number of sulfone groups is 1. The third-order valence-electron chi connectivity index (χ3n) is 5.42. The zero-order chi connectivity index (χ0) is 19.7. The van der Waals surface area contributed by atoms with Gasteiger partial charge in [0.1, 0.15) is 5.71 Å². The Kier molecular flexibility index (Phi) is 5.87. The van der Waals surface area contributed by atoms with Gasteiger partial charge in [0, 0.05) is 38.0 Å². The lowest BCUT2D eigenvalue weighted by molar-refractivity contribution is -0.133. The fraction of sp³-hybridized carbons (Fsp3) is 0.824. The molecule has 0 aromatic rings. The number of amides is 2. The standard InChI is InChI=1S/C17H28N4O5S/c1-17(2,20-6-8-26-9-7-20)12-18-16(23)14-3-4-15(22)21(19-14)13-5-10-27(24,25)11-13/h13H,3-12H2,1-2H3,(H,18,23). The van der Waals surface area contributed by atoms with Crippen molar-refractivity contribution in [3.8, 4) is 0 Å². The molecule has 2 fully saturated rings. The summed E-state index contributed by atoms with van der Waals surface area (Å²) in [5.74, 6) is -0.537. The van der Waals surface area contributed by atoms with Crippen LogP contribution in [0.4, 0.5) is 0 Å². The maximum atomic E-state index is 12.6. The van der Waals surface area contributed by atoms with Gasteiger partial charge in [0.05, 0.1) is 30.8 Å². The second kappa shape index (κ2) is 7.84. The summed E-state index contributed by atoms with van der Waals surface area (Å²) in [7, 11) is -3.13. The Bertz CT molecular complexity index is 728. The smallest absolute Gasteiger partial charge is 0.267 e. The molecule has 10 heteroatoms. The highest BCUT2D eigenvalue weighted by Crippen LogP contribution is 2.22. The summed E-state index contributed by atoms with van der Waals surface area (Å²) in [6.07, 6.45) is 0.824. The molecule has 1 unspecified atom stereocenters. The molecule has 1 N–H and O–H groups in total. The number of nitrogens with zero attached hydrogens (tertiary/aromatic N) is 3. The van der Waals surface area contributed by atoms with Crippen LogP contribution in [-0.2, 0) is 24.2 Å². The van der Waals surface area contributed by atoms with E-state index < -0.39 is 15.9 Å². The molecule has 0 saturated carbocycles. The molecule has 27 heavy (non-hydrogen) atoms. The number of hydrazone groups is 1. The van der Waals surface area contributed by atoms with Crippen molar-refractivity contribution in [1.82, 2.24) is 15.2 Å². The minimum Gasteiger partial charge on any atom is -0.379 e. The Hall–Kier alpha value is -1.52. The molecule has 2 amide bonds. The van der Waals surface area contributed by atoms with Crippen LogP contribution in [0.5, 0.6) is 0 Å². The first kappa shape index (κ1) is 20.2. The molecule has 152 valence electrons. The van der Waals surface area contributed by atoms with Crippen molar-refractivity contribution in [2.75, 3.05) is 44.4 Å². The first-order valence-corrected chi connectivity index (χ1v) is 11.2. The van der Waals surface area contributed by atoms with Crippen molar-refractivity contribution in [1.29, 1.82) is 0 Å². The Morgan fingerprint density at radius 2 is 2.00 bits per heavy atom. The van der Waals surface area contributed by atoms with Gasteiger partial charge in [0.15, 0.2) is 9.84 Å². The maximum absolute atomic E-state index is 12.6. The molecule has 3 heterocycles. The quantitative estimate of drug-likeness (QED) is 0.659. The lowest BCUT2D eigenvalue weighted by Gasteiger charge is -2.41. The number of rotatable bonds is 5. The summed E-state index contributed by atoms with van der Waals surface area (Å²) in [4.78, 5) is 27.0. The van der Waals surface area contributed by atoms with E-state index in [1.54, 1.807) is 0 Å². The summed E-state index contributed by atoms with van der Waals surface area (Å²) in [6, 6.07) is -0.463. The first-order chi connectivity index (χ1) is 12.7. The molecule has 3 aliphatic heterocycles. The molecule has 3 aliphatic rings. The highest BCUT2D eigenvalue weighted by molar-refractivity contribution is 7.91. The molecule has 2 saturated heterocycles. The third-order valence-corrected chi connectivity index (χ3v) is 7.18. The van der Waals surface area contributed by atoms with E-state index >= 15 is 0 Å². The van der Waals surface area contributed by atoms with Crippen LogP contribution in [0.25, 0.3) is 0 Å². The molecule has 0 aromatic carbocycles. The van der Waals surface area contributed by atoms with Gasteiger partial charge in [-0.1, -0.05) is 0 Å². The molecule has 9 nitrogen and oxygen atoms in total. The van der Waals surface area contributed by atoms with Crippen LogP contribution in [0.2, 0.25) is 0 Å². The minimum atomic E-state index is -3.13. The fourth-order valence-corrected chi connectivity index (χ4v) is 5.36. The molecule has 0 aromatic heterocycles. The Balaban J connectivity index is 1.61. The van der Waals surface area contributed by atoms with Gasteiger partial charge in [-0.2, -0.15) is 5.10 Å². The van der Waals surface area contributed by atoms with E-state index in [-0.39, 0.29) is 47.4 Å². The molecular weight excluding hydrogens is 372 g/mol. The van der Waals surface area contributed by atoms with Crippen LogP contribution in [-0.4, -0.2) is 91.8 Å². The van der Waals surface area contributed by atoms with Gasteiger partial charge in [0.2, 0.25) is 5.91 Å². The number of carbonyl (C=O) groups excluding carboxylic acids is 2. The highest BCUT2D eigenvalue weighted by atomic mass is 32.2. The van der Waals surface area contributed by atoms with Crippen LogP contribution in [0.3, 0.4) is 0 Å². The average Bonchev–Trinajstić information content (AvgIpc) is 3.00. The molecule has 3 rings (SSSR count). The largest absolute Gasteiger partial charge is 0.379 e. The first-order valence-electron chi connectivity index (χ1n) is 9.39. The monoisotopic (exact) mass is 400 g/mol. The van der Waals surface area contributed by atoms with Gasteiger partial charge in [-0.25, -0.2) is 13.4 Å². The molecular formula is C17H28N4O5S. The molecule has 1 atom stereocenters. The topological polar surface area (TPSA) is 108 Å². The van der Waals surface area contributed by atoms with Crippen molar-refractivity contribution >= 4 is 27.4 Å². The number of hydrogen-bond donors (Lipinski definition) is 1. The summed E-state index contributed by atoms with van der Waals surface area (Å²) in [5, 5.41) is 8.36. The van der Waals surface area contributed by atoms with Crippen molar-refractivity contribution < 1.29 is 22.7 Å². The predicted molar refractivity (Wildman–Crippen MR) is 100 cm³/mol. The van der Waals surface area contributed by atoms with E-state index in [0.29, 0.717) is 26.2 Å². The number of ether oxygens (including phenoxy) is 1. The SMILES string of the molecule is CC(C)(CNC(=O)C1=NN(C2CCS(=O)(=O)C2)C(=O)CC1)N1CCOCC1. The number of hydrogen-bond acceptors (Lipinski definition) is 7. The molecule has 0 bridgehead atoms. The Labute approximate surface area is 160 Å². The van der Waals surface area contributed by atoms with Gasteiger partial charge in [-0.05, 0) is 20.3 Å². The van der Waals surface area contributed by atoms with Gasteiger partial charge in [-0.15, -0.1) is 0 Å². The molecule has 0 spiro atoms. The van der Waals surface area contributed by atoms with Crippen LogP contribution in [0, 0.1) is 0 Å². The number of nitrogens with one attached hydrogen (secondary N) is 1.